The van der Waals surface area contributed by atoms with Crippen LogP contribution in [0.1, 0.15) is 65.7 Å². The summed E-state index contributed by atoms with van der Waals surface area (Å²) in [6.45, 7) is 7.25. The maximum atomic E-state index is 11.5. The van der Waals surface area contributed by atoms with Crippen molar-refractivity contribution >= 4 is 9.84 Å². The van der Waals surface area contributed by atoms with Crippen molar-refractivity contribution < 1.29 is 8.42 Å². The van der Waals surface area contributed by atoms with Crippen LogP contribution < -0.4 is 5.32 Å². The van der Waals surface area contributed by atoms with Crippen molar-refractivity contribution in [1.29, 1.82) is 0 Å². The van der Waals surface area contributed by atoms with Crippen LogP contribution in [-0.2, 0) is 9.84 Å². The fourth-order valence-corrected chi connectivity index (χ4v) is 2.09. The van der Waals surface area contributed by atoms with Crippen LogP contribution >= 0.6 is 0 Å². The highest BCUT2D eigenvalue weighted by atomic mass is 32.2. The molecule has 0 bridgehead atoms. The number of hydrogen-bond donors (Lipinski definition) is 1. The molecule has 0 aliphatic heterocycles. The molecule has 0 rings (SSSR count). The highest BCUT2D eigenvalue weighted by Gasteiger charge is 2.29. The zero-order valence-corrected chi connectivity index (χ0v) is 13.4. The molecular formula is C14H31NO2S. The quantitative estimate of drug-likeness (QED) is 0.590. The van der Waals surface area contributed by atoms with Crippen LogP contribution in [-0.4, -0.2) is 32.5 Å². The lowest BCUT2D eigenvalue weighted by Gasteiger charge is -2.22. The first-order valence-electron chi connectivity index (χ1n) is 7.21. The minimum atomic E-state index is -2.97. The second-order valence-corrected chi connectivity index (χ2v) is 8.48. The van der Waals surface area contributed by atoms with Crippen molar-refractivity contribution in [1.82, 2.24) is 5.32 Å². The summed E-state index contributed by atoms with van der Waals surface area (Å²) >= 11 is 0. The summed E-state index contributed by atoms with van der Waals surface area (Å²) in [5.74, 6) is 0. The molecule has 4 heteroatoms. The fraction of sp³-hybridized carbons (Fsp3) is 1.00. The second-order valence-electron chi connectivity index (χ2n) is 5.83. The Labute approximate surface area is 114 Å². The Balaban J connectivity index is 3.46. The summed E-state index contributed by atoms with van der Waals surface area (Å²) < 4.78 is 22.3. The van der Waals surface area contributed by atoms with Crippen molar-refractivity contribution in [2.75, 3.05) is 19.3 Å². The highest BCUT2D eigenvalue weighted by Crippen LogP contribution is 2.13. The van der Waals surface area contributed by atoms with Gasteiger partial charge in [0.1, 0.15) is 0 Å². The number of sulfone groups is 1. The number of rotatable bonds is 11. The van der Waals surface area contributed by atoms with E-state index in [1.54, 1.807) is 13.8 Å². The van der Waals surface area contributed by atoms with Crippen molar-refractivity contribution in [2.24, 2.45) is 0 Å². The Morgan fingerprint density at radius 3 is 1.94 bits per heavy atom. The van der Waals surface area contributed by atoms with Crippen LogP contribution in [0.2, 0.25) is 0 Å². The standard InChI is InChI=1S/C14H31NO2S/c1-5-6-7-8-9-10-11-12-15-13-14(2,3)18(4,16)17/h15H,5-13H2,1-4H3. The normalized spacial score (nSPS) is 12.9. The van der Waals surface area contributed by atoms with Crippen molar-refractivity contribution in [3.63, 3.8) is 0 Å². The average molecular weight is 277 g/mol. The zero-order chi connectivity index (χ0) is 14.1. The summed E-state index contributed by atoms with van der Waals surface area (Å²) in [5.41, 5.74) is 0. The first-order chi connectivity index (χ1) is 8.31. The molecular weight excluding hydrogens is 246 g/mol. The first kappa shape index (κ1) is 17.9. The van der Waals surface area contributed by atoms with Crippen LogP contribution in [0.15, 0.2) is 0 Å². The maximum absolute atomic E-state index is 11.5. The van der Waals surface area contributed by atoms with Crippen molar-refractivity contribution in [3.05, 3.63) is 0 Å². The minimum absolute atomic E-state index is 0.543. The molecule has 0 radical (unpaired) electrons. The van der Waals surface area contributed by atoms with E-state index in [2.05, 4.69) is 12.2 Å². The van der Waals surface area contributed by atoms with Gasteiger partial charge in [0, 0.05) is 12.8 Å². The molecule has 110 valence electrons. The molecule has 0 saturated carbocycles. The monoisotopic (exact) mass is 277 g/mol. The van der Waals surface area contributed by atoms with E-state index in [0.717, 1.165) is 13.0 Å². The molecule has 3 nitrogen and oxygen atoms in total. The van der Waals surface area contributed by atoms with Gasteiger partial charge in [0.2, 0.25) is 0 Å². The average Bonchev–Trinajstić information content (AvgIpc) is 2.25. The van der Waals surface area contributed by atoms with Gasteiger partial charge in [-0.1, -0.05) is 45.4 Å². The molecule has 0 spiro atoms. The van der Waals surface area contributed by atoms with Crippen LogP contribution in [0.3, 0.4) is 0 Å². The van der Waals surface area contributed by atoms with Gasteiger partial charge in [0.25, 0.3) is 0 Å². The summed E-state index contributed by atoms with van der Waals surface area (Å²) in [7, 11) is -2.97. The van der Waals surface area contributed by atoms with E-state index in [9.17, 15) is 8.42 Å². The minimum Gasteiger partial charge on any atom is -0.315 e. The molecule has 0 aliphatic carbocycles. The molecule has 0 saturated heterocycles. The van der Waals surface area contributed by atoms with Gasteiger partial charge in [-0.2, -0.15) is 0 Å². The van der Waals surface area contributed by atoms with Gasteiger partial charge < -0.3 is 5.32 Å². The first-order valence-corrected chi connectivity index (χ1v) is 9.10. The van der Waals surface area contributed by atoms with Gasteiger partial charge >= 0.3 is 0 Å². The van der Waals surface area contributed by atoms with E-state index in [1.807, 2.05) is 0 Å². The fourth-order valence-electron chi connectivity index (χ4n) is 1.73. The van der Waals surface area contributed by atoms with Crippen LogP contribution in [0.5, 0.6) is 0 Å². The van der Waals surface area contributed by atoms with Gasteiger partial charge in [-0.3, -0.25) is 0 Å². The molecule has 1 N–H and O–H groups in total. The second kappa shape index (κ2) is 8.92. The Hall–Kier alpha value is -0.0900. The predicted octanol–water partition coefficient (Wildman–Crippen LogP) is 3.15. The Morgan fingerprint density at radius 2 is 1.44 bits per heavy atom. The third-order valence-electron chi connectivity index (χ3n) is 3.51. The molecule has 0 aromatic rings. The molecule has 0 aromatic heterocycles. The van der Waals surface area contributed by atoms with E-state index in [1.165, 1.54) is 44.8 Å². The third-order valence-corrected chi connectivity index (χ3v) is 5.66. The maximum Gasteiger partial charge on any atom is 0.153 e. The lowest BCUT2D eigenvalue weighted by molar-refractivity contribution is 0.507. The van der Waals surface area contributed by atoms with Gasteiger partial charge in [0.05, 0.1) is 4.75 Å². The van der Waals surface area contributed by atoms with Crippen LogP contribution in [0.4, 0.5) is 0 Å². The lowest BCUT2D eigenvalue weighted by atomic mass is 10.1. The smallest absolute Gasteiger partial charge is 0.153 e. The summed E-state index contributed by atoms with van der Waals surface area (Å²) in [6, 6.07) is 0. The third kappa shape index (κ3) is 8.09. The Bertz CT molecular complexity index is 297. The molecule has 0 heterocycles. The van der Waals surface area contributed by atoms with Gasteiger partial charge in [0.15, 0.2) is 9.84 Å². The molecule has 0 aromatic carbocycles. The van der Waals surface area contributed by atoms with Crippen molar-refractivity contribution in [2.45, 2.75) is 70.5 Å². The van der Waals surface area contributed by atoms with Gasteiger partial charge in [-0.05, 0) is 26.8 Å². The number of nitrogens with one attached hydrogen (secondary N) is 1. The molecule has 0 unspecified atom stereocenters. The van der Waals surface area contributed by atoms with E-state index in [-0.39, 0.29) is 0 Å². The van der Waals surface area contributed by atoms with E-state index in [0.29, 0.717) is 6.54 Å². The number of unbranched alkanes of at least 4 members (excludes halogenated alkanes) is 6. The molecule has 0 atom stereocenters. The van der Waals surface area contributed by atoms with Gasteiger partial charge in [-0.25, -0.2) is 8.42 Å². The van der Waals surface area contributed by atoms with E-state index < -0.39 is 14.6 Å². The molecule has 0 amide bonds. The summed E-state index contributed by atoms with van der Waals surface area (Å²) in [5, 5.41) is 3.26. The zero-order valence-electron chi connectivity index (χ0n) is 12.6. The van der Waals surface area contributed by atoms with E-state index >= 15 is 0 Å². The predicted molar refractivity (Wildman–Crippen MR) is 79.8 cm³/mol. The lowest BCUT2D eigenvalue weighted by Crippen LogP contribution is -2.41. The molecule has 18 heavy (non-hydrogen) atoms. The SMILES string of the molecule is CCCCCCCCCNCC(C)(C)S(C)(=O)=O. The molecule has 0 aliphatic rings. The van der Waals surface area contributed by atoms with Crippen LogP contribution in [0, 0.1) is 0 Å². The number of hydrogen-bond acceptors (Lipinski definition) is 3. The van der Waals surface area contributed by atoms with Crippen molar-refractivity contribution in [3.8, 4) is 0 Å². The summed E-state index contributed by atoms with van der Waals surface area (Å²) in [6.07, 6.45) is 10.3. The Kier molecular flexibility index (Phi) is 8.87. The van der Waals surface area contributed by atoms with Gasteiger partial charge in [-0.15, -0.1) is 0 Å². The van der Waals surface area contributed by atoms with E-state index in [4.69, 9.17) is 0 Å². The highest BCUT2D eigenvalue weighted by molar-refractivity contribution is 7.92. The Morgan fingerprint density at radius 1 is 0.944 bits per heavy atom. The summed E-state index contributed by atoms with van der Waals surface area (Å²) in [4.78, 5) is 0. The van der Waals surface area contributed by atoms with Crippen LogP contribution in [0.25, 0.3) is 0 Å². The largest absolute Gasteiger partial charge is 0.315 e. The molecule has 0 fully saturated rings. The topological polar surface area (TPSA) is 46.2 Å².